The van der Waals surface area contributed by atoms with Crippen molar-refractivity contribution in [2.24, 2.45) is 0 Å². The van der Waals surface area contributed by atoms with E-state index in [-0.39, 0.29) is 5.69 Å². The van der Waals surface area contributed by atoms with E-state index in [0.717, 1.165) is 5.52 Å². The standard InChI is InChI=1S/C18H16N4O4S/c1-9(2)10-4-5-13-12(6-10)19-17(26-13)21-18-20-16-14(25-3)7-11(22(23)24)8-15(16)27-18/h4-9H,1-3H3,(H,19,20,21). The minimum absolute atomic E-state index is 0.0439. The number of hydrogen-bond acceptors (Lipinski definition) is 8. The minimum atomic E-state index is -0.456. The van der Waals surface area contributed by atoms with Crippen molar-refractivity contribution in [3.8, 4) is 5.75 Å². The van der Waals surface area contributed by atoms with Gasteiger partial charge in [-0.15, -0.1) is 0 Å². The van der Waals surface area contributed by atoms with Crippen molar-refractivity contribution in [3.63, 3.8) is 0 Å². The Morgan fingerprint density at radius 3 is 2.78 bits per heavy atom. The van der Waals surface area contributed by atoms with Gasteiger partial charge in [0, 0.05) is 6.07 Å². The lowest BCUT2D eigenvalue weighted by molar-refractivity contribution is -0.384. The van der Waals surface area contributed by atoms with Gasteiger partial charge in [0.2, 0.25) is 0 Å². The number of nitrogens with one attached hydrogen (secondary N) is 1. The third kappa shape index (κ3) is 3.17. The molecule has 2 aromatic carbocycles. The fourth-order valence-electron chi connectivity index (χ4n) is 2.75. The van der Waals surface area contributed by atoms with Crippen LogP contribution >= 0.6 is 11.3 Å². The van der Waals surface area contributed by atoms with E-state index < -0.39 is 4.92 Å². The summed E-state index contributed by atoms with van der Waals surface area (Å²) in [6.45, 7) is 4.24. The Balaban J connectivity index is 1.70. The van der Waals surface area contributed by atoms with Crippen LogP contribution in [0.25, 0.3) is 21.3 Å². The van der Waals surface area contributed by atoms with Gasteiger partial charge >= 0.3 is 6.01 Å². The number of hydrogen-bond donors (Lipinski definition) is 1. The number of methoxy groups -OCH3 is 1. The second-order valence-electron chi connectivity index (χ2n) is 6.30. The van der Waals surface area contributed by atoms with Crippen molar-refractivity contribution >= 4 is 49.5 Å². The summed E-state index contributed by atoms with van der Waals surface area (Å²) in [4.78, 5) is 19.5. The molecule has 2 heterocycles. The fraction of sp³-hybridized carbons (Fsp3) is 0.222. The van der Waals surface area contributed by atoms with Gasteiger partial charge in [0.05, 0.1) is 22.8 Å². The second-order valence-corrected chi connectivity index (χ2v) is 7.33. The number of anilines is 2. The zero-order valence-corrected chi connectivity index (χ0v) is 15.7. The lowest BCUT2D eigenvalue weighted by Gasteiger charge is -2.02. The summed E-state index contributed by atoms with van der Waals surface area (Å²) in [5.41, 5.74) is 3.13. The number of non-ortho nitro benzene ring substituents is 1. The maximum absolute atomic E-state index is 11.1. The number of nitro groups is 1. The van der Waals surface area contributed by atoms with Crippen molar-refractivity contribution in [1.82, 2.24) is 9.97 Å². The Morgan fingerprint density at radius 1 is 1.26 bits per heavy atom. The molecular formula is C18H16N4O4S. The molecule has 8 nitrogen and oxygen atoms in total. The molecule has 0 fully saturated rings. The quantitative estimate of drug-likeness (QED) is 0.371. The molecule has 4 aromatic rings. The Morgan fingerprint density at radius 2 is 2.07 bits per heavy atom. The van der Waals surface area contributed by atoms with Crippen molar-refractivity contribution in [2.75, 3.05) is 12.4 Å². The summed E-state index contributed by atoms with van der Waals surface area (Å²) < 4.78 is 11.6. The number of ether oxygens (including phenoxy) is 1. The first-order chi connectivity index (χ1) is 12.9. The molecule has 0 saturated heterocycles. The third-order valence-electron chi connectivity index (χ3n) is 4.17. The molecule has 27 heavy (non-hydrogen) atoms. The van der Waals surface area contributed by atoms with E-state index in [1.165, 1.54) is 36.1 Å². The van der Waals surface area contributed by atoms with Gasteiger partial charge in [-0.05, 0) is 23.6 Å². The molecular weight excluding hydrogens is 368 g/mol. The van der Waals surface area contributed by atoms with Crippen LogP contribution in [0.1, 0.15) is 25.3 Å². The zero-order valence-electron chi connectivity index (χ0n) is 14.8. The number of benzene rings is 2. The minimum Gasteiger partial charge on any atom is -0.494 e. The lowest BCUT2D eigenvalue weighted by atomic mass is 10.0. The van der Waals surface area contributed by atoms with E-state index in [4.69, 9.17) is 9.15 Å². The van der Waals surface area contributed by atoms with Gasteiger partial charge in [-0.1, -0.05) is 31.3 Å². The monoisotopic (exact) mass is 384 g/mol. The Labute approximate surface area is 158 Å². The highest BCUT2D eigenvalue weighted by molar-refractivity contribution is 7.22. The number of thiazole rings is 1. The highest BCUT2D eigenvalue weighted by Crippen LogP contribution is 2.37. The van der Waals surface area contributed by atoms with E-state index in [1.807, 2.05) is 18.2 Å². The predicted molar refractivity (Wildman–Crippen MR) is 104 cm³/mol. The number of aromatic nitrogens is 2. The largest absolute Gasteiger partial charge is 0.494 e. The molecule has 0 aliphatic carbocycles. The van der Waals surface area contributed by atoms with Gasteiger partial charge in [0.15, 0.2) is 16.5 Å². The number of oxazole rings is 1. The molecule has 0 unspecified atom stereocenters. The van der Waals surface area contributed by atoms with Crippen LogP contribution in [0.3, 0.4) is 0 Å². The first-order valence-electron chi connectivity index (χ1n) is 8.25. The number of rotatable bonds is 5. The van der Waals surface area contributed by atoms with E-state index in [1.54, 1.807) is 0 Å². The van der Waals surface area contributed by atoms with Crippen LogP contribution < -0.4 is 10.1 Å². The molecule has 0 aliphatic rings. The van der Waals surface area contributed by atoms with E-state index in [9.17, 15) is 10.1 Å². The maximum Gasteiger partial charge on any atom is 0.302 e. The summed E-state index contributed by atoms with van der Waals surface area (Å²) in [7, 11) is 1.46. The van der Waals surface area contributed by atoms with E-state index >= 15 is 0 Å². The van der Waals surface area contributed by atoms with Crippen molar-refractivity contribution in [1.29, 1.82) is 0 Å². The summed E-state index contributed by atoms with van der Waals surface area (Å²) in [6, 6.07) is 9.07. The molecule has 0 atom stereocenters. The lowest BCUT2D eigenvalue weighted by Crippen LogP contribution is -1.91. The smallest absolute Gasteiger partial charge is 0.302 e. The van der Waals surface area contributed by atoms with Gasteiger partial charge < -0.3 is 9.15 Å². The summed E-state index contributed by atoms with van der Waals surface area (Å²) >= 11 is 1.26. The Hall–Kier alpha value is -3.20. The van der Waals surface area contributed by atoms with Crippen LogP contribution in [0, 0.1) is 10.1 Å². The van der Waals surface area contributed by atoms with E-state index in [0.29, 0.717) is 38.6 Å². The van der Waals surface area contributed by atoms with E-state index in [2.05, 4.69) is 29.1 Å². The summed E-state index contributed by atoms with van der Waals surface area (Å²) in [5, 5.41) is 14.6. The van der Waals surface area contributed by atoms with Gasteiger partial charge in [0.1, 0.15) is 11.0 Å². The van der Waals surface area contributed by atoms with Crippen LogP contribution in [-0.4, -0.2) is 22.0 Å². The van der Waals surface area contributed by atoms with Crippen molar-refractivity contribution in [2.45, 2.75) is 19.8 Å². The average molecular weight is 384 g/mol. The molecule has 2 aromatic heterocycles. The Kier molecular flexibility index (Phi) is 4.15. The summed E-state index contributed by atoms with van der Waals surface area (Å²) in [5.74, 6) is 0.748. The number of nitrogens with zero attached hydrogens (tertiary/aromatic N) is 3. The molecule has 0 radical (unpaired) electrons. The predicted octanol–water partition coefficient (Wildman–Crippen LogP) is 5.22. The normalized spacial score (nSPS) is 11.4. The van der Waals surface area contributed by atoms with Gasteiger partial charge in [-0.2, -0.15) is 4.98 Å². The van der Waals surface area contributed by atoms with Crippen LogP contribution in [0.5, 0.6) is 5.75 Å². The average Bonchev–Trinajstić information content (AvgIpc) is 3.22. The van der Waals surface area contributed by atoms with Crippen molar-refractivity contribution < 1.29 is 14.1 Å². The van der Waals surface area contributed by atoms with Crippen LogP contribution in [0.4, 0.5) is 16.8 Å². The van der Waals surface area contributed by atoms with Crippen LogP contribution in [-0.2, 0) is 0 Å². The zero-order chi connectivity index (χ0) is 19.1. The number of fused-ring (bicyclic) bond motifs is 2. The molecule has 0 bridgehead atoms. The van der Waals surface area contributed by atoms with Gasteiger partial charge in [-0.25, -0.2) is 4.98 Å². The molecule has 4 rings (SSSR count). The molecule has 138 valence electrons. The van der Waals surface area contributed by atoms with Crippen molar-refractivity contribution in [3.05, 3.63) is 46.0 Å². The molecule has 0 spiro atoms. The Bertz CT molecular complexity index is 1170. The summed E-state index contributed by atoms with van der Waals surface area (Å²) in [6.07, 6.45) is 0. The molecule has 0 aliphatic heterocycles. The molecule has 0 amide bonds. The maximum atomic E-state index is 11.1. The molecule has 1 N–H and O–H groups in total. The number of nitro benzene ring substituents is 1. The van der Waals surface area contributed by atoms with Gasteiger partial charge in [0.25, 0.3) is 5.69 Å². The SMILES string of the molecule is COc1cc([N+](=O)[O-])cc2sc(Nc3nc4cc(C(C)C)ccc4o3)nc12. The second kappa shape index (κ2) is 6.51. The van der Waals surface area contributed by atoms with Gasteiger partial charge in [-0.3, -0.25) is 15.4 Å². The first kappa shape index (κ1) is 17.2. The highest BCUT2D eigenvalue weighted by atomic mass is 32.1. The highest BCUT2D eigenvalue weighted by Gasteiger charge is 2.17. The first-order valence-corrected chi connectivity index (χ1v) is 9.06. The topological polar surface area (TPSA) is 103 Å². The van der Waals surface area contributed by atoms with Crippen LogP contribution in [0.15, 0.2) is 34.7 Å². The molecule has 0 saturated carbocycles. The molecule has 9 heteroatoms. The third-order valence-corrected chi connectivity index (χ3v) is 5.09. The van der Waals surface area contributed by atoms with Crippen LogP contribution in [0.2, 0.25) is 0 Å². The fourth-order valence-corrected chi connectivity index (χ4v) is 3.65.